The van der Waals surface area contributed by atoms with Crippen LogP contribution >= 0.6 is 12.4 Å². The van der Waals surface area contributed by atoms with Crippen LogP contribution in [0.15, 0.2) is 30.3 Å². The quantitative estimate of drug-likeness (QED) is 0.845. The van der Waals surface area contributed by atoms with Crippen molar-refractivity contribution in [1.82, 2.24) is 5.32 Å². The summed E-state index contributed by atoms with van der Waals surface area (Å²) in [5, 5.41) is 2.83. The van der Waals surface area contributed by atoms with Gasteiger partial charge in [0.15, 0.2) is 0 Å². The van der Waals surface area contributed by atoms with Gasteiger partial charge in [-0.1, -0.05) is 30.3 Å². The fourth-order valence-corrected chi connectivity index (χ4v) is 1.32. The smallest absolute Gasteiger partial charge is 0.220 e. The Morgan fingerprint density at radius 1 is 1.29 bits per heavy atom. The molecule has 0 aromatic heterocycles. The fourth-order valence-electron chi connectivity index (χ4n) is 1.32. The van der Waals surface area contributed by atoms with Crippen LogP contribution in [0.1, 0.15) is 25.8 Å². The largest absolute Gasteiger partial charge is 0.354 e. The zero-order valence-electron chi connectivity index (χ0n) is 10.4. The van der Waals surface area contributed by atoms with E-state index in [1.165, 1.54) is 5.56 Å². The van der Waals surface area contributed by atoms with Crippen LogP contribution in [0, 0.1) is 0 Å². The molecule has 0 heterocycles. The summed E-state index contributed by atoms with van der Waals surface area (Å²) in [6.45, 7) is 4.30. The second-order valence-corrected chi connectivity index (χ2v) is 4.75. The van der Waals surface area contributed by atoms with Gasteiger partial charge in [-0.3, -0.25) is 4.79 Å². The third-order valence-corrected chi connectivity index (χ3v) is 2.22. The van der Waals surface area contributed by atoms with E-state index in [0.717, 1.165) is 6.42 Å². The van der Waals surface area contributed by atoms with Gasteiger partial charge in [-0.05, 0) is 25.8 Å². The zero-order chi connectivity index (χ0) is 12.0. The molecule has 1 rings (SSSR count). The van der Waals surface area contributed by atoms with Gasteiger partial charge in [0.2, 0.25) is 5.91 Å². The number of carbonyl (C=O) groups is 1. The van der Waals surface area contributed by atoms with Crippen molar-refractivity contribution in [1.29, 1.82) is 0 Å². The van der Waals surface area contributed by atoms with Gasteiger partial charge in [0.05, 0.1) is 0 Å². The minimum atomic E-state index is -0.345. The Hall–Kier alpha value is -1.06. The molecular formula is C13H21ClN2O. The molecule has 3 N–H and O–H groups in total. The molecule has 0 atom stereocenters. The van der Waals surface area contributed by atoms with Gasteiger partial charge < -0.3 is 11.1 Å². The topological polar surface area (TPSA) is 55.1 Å². The minimum Gasteiger partial charge on any atom is -0.354 e. The van der Waals surface area contributed by atoms with E-state index in [1.54, 1.807) is 0 Å². The van der Waals surface area contributed by atoms with Gasteiger partial charge in [0, 0.05) is 18.5 Å². The molecule has 0 bridgehead atoms. The molecule has 0 radical (unpaired) electrons. The van der Waals surface area contributed by atoms with E-state index in [0.29, 0.717) is 13.0 Å². The molecule has 0 spiro atoms. The molecule has 3 nitrogen and oxygen atoms in total. The molecule has 0 fully saturated rings. The average Bonchev–Trinajstić information content (AvgIpc) is 2.24. The maximum atomic E-state index is 11.5. The molecule has 1 aromatic rings. The SMILES string of the molecule is CC(C)(N)CNC(=O)CCc1ccccc1.Cl. The molecular weight excluding hydrogens is 236 g/mol. The van der Waals surface area contributed by atoms with E-state index >= 15 is 0 Å². The Morgan fingerprint density at radius 3 is 2.41 bits per heavy atom. The van der Waals surface area contributed by atoms with Crippen molar-refractivity contribution in [3.8, 4) is 0 Å². The maximum Gasteiger partial charge on any atom is 0.220 e. The van der Waals surface area contributed by atoms with Crippen LogP contribution in [0.5, 0.6) is 0 Å². The summed E-state index contributed by atoms with van der Waals surface area (Å²) in [5.41, 5.74) is 6.62. The van der Waals surface area contributed by atoms with Gasteiger partial charge in [0.25, 0.3) is 0 Å². The first-order chi connectivity index (χ1) is 7.47. The molecule has 17 heavy (non-hydrogen) atoms. The number of nitrogens with two attached hydrogens (primary N) is 1. The molecule has 1 amide bonds. The molecule has 1 aromatic carbocycles. The molecule has 0 aliphatic heterocycles. The van der Waals surface area contributed by atoms with Crippen molar-refractivity contribution in [3.63, 3.8) is 0 Å². The monoisotopic (exact) mass is 256 g/mol. The van der Waals surface area contributed by atoms with E-state index < -0.39 is 0 Å². The van der Waals surface area contributed by atoms with E-state index in [-0.39, 0.29) is 23.9 Å². The van der Waals surface area contributed by atoms with E-state index in [9.17, 15) is 4.79 Å². The lowest BCUT2D eigenvalue weighted by Crippen LogP contribution is -2.45. The number of rotatable bonds is 5. The molecule has 4 heteroatoms. The van der Waals surface area contributed by atoms with Gasteiger partial charge in [0.1, 0.15) is 0 Å². The number of benzene rings is 1. The fraction of sp³-hybridized carbons (Fsp3) is 0.462. The number of halogens is 1. The lowest BCUT2D eigenvalue weighted by Gasteiger charge is -2.18. The number of nitrogens with one attached hydrogen (secondary N) is 1. The highest BCUT2D eigenvalue weighted by molar-refractivity contribution is 5.85. The van der Waals surface area contributed by atoms with Crippen molar-refractivity contribution in [3.05, 3.63) is 35.9 Å². The van der Waals surface area contributed by atoms with Crippen LogP contribution < -0.4 is 11.1 Å². The number of hydrogen-bond acceptors (Lipinski definition) is 2. The summed E-state index contributed by atoms with van der Waals surface area (Å²) >= 11 is 0. The molecule has 0 aliphatic carbocycles. The predicted molar refractivity (Wildman–Crippen MR) is 73.3 cm³/mol. The Balaban J connectivity index is 0.00000256. The lowest BCUT2D eigenvalue weighted by molar-refractivity contribution is -0.121. The van der Waals surface area contributed by atoms with E-state index in [2.05, 4.69) is 5.32 Å². The van der Waals surface area contributed by atoms with Crippen molar-refractivity contribution >= 4 is 18.3 Å². The van der Waals surface area contributed by atoms with Crippen molar-refractivity contribution < 1.29 is 4.79 Å². The zero-order valence-corrected chi connectivity index (χ0v) is 11.2. The van der Waals surface area contributed by atoms with Gasteiger partial charge >= 0.3 is 0 Å². The highest BCUT2D eigenvalue weighted by atomic mass is 35.5. The van der Waals surface area contributed by atoms with E-state index in [1.807, 2.05) is 44.2 Å². The second-order valence-electron chi connectivity index (χ2n) is 4.75. The van der Waals surface area contributed by atoms with Crippen molar-refractivity contribution in [2.75, 3.05) is 6.54 Å². The molecule has 96 valence electrons. The Bertz CT molecular complexity index is 333. The van der Waals surface area contributed by atoms with Crippen LogP contribution in [0.3, 0.4) is 0 Å². The predicted octanol–water partition coefficient (Wildman–Crippen LogP) is 1.89. The summed E-state index contributed by atoms with van der Waals surface area (Å²) in [5.74, 6) is 0.0578. The van der Waals surface area contributed by atoms with Crippen LogP contribution in [0.2, 0.25) is 0 Å². The second kappa shape index (κ2) is 7.30. The number of carbonyl (C=O) groups excluding carboxylic acids is 1. The first kappa shape index (κ1) is 15.9. The Kier molecular flexibility index (Phi) is 6.85. The molecule has 0 aliphatic rings. The summed E-state index contributed by atoms with van der Waals surface area (Å²) in [7, 11) is 0. The average molecular weight is 257 g/mol. The standard InChI is InChI=1S/C13H20N2O.ClH/c1-13(2,14)10-15-12(16)9-8-11-6-4-3-5-7-11;/h3-7H,8-10,14H2,1-2H3,(H,15,16);1H. The van der Waals surface area contributed by atoms with Crippen LogP contribution in [0.25, 0.3) is 0 Å². The normalized spacial score (nSPS) is 10.5. The number of aryl methyl sites for hydroxylation is 1. The first-order valence-electron chi connectivity index (χ1n) is 5.57. The van der Waals surface area contributed by atoms with E-state index in [4.69, 9.17) is 5.73 Å². The molecule has 0 unspecified atom stereocenters. The lowest BCUT2D eigenvalue weighted by atomic mass is 10.1. The third-order valence-electron chi connectivity index (χ3n) is 2.22. The van der Waals surface area contributed by atoms with Crippen molar-refractivity contribution in [2.24, 2.45) is 5.73 Å². The minimum absolute atomic E-state index is 0. The highest BCUT2D eigenvalue weighted by Crippen LogP contribution is 2.02. The molecule has 0 saturated carbocycles. The summed E-state index contributed by atoms with van der Waals surface area (Å²) in [6.07, 6.45) is 1.29. The molecule has 0 saturated heterocycles. The van der Waals surface area contributed by atoms with Crippen LogP contribution in [-0.2, 0) is 11.2 Å². The number of amides is 1. The Labute approximate surface area is 109 Å². The third kappa shape index (κ3) is 7.77. The van der Waals surface area contributed by atoms with Crippen LogP contribution in [0.4, 0.5) is 0 Å². The van der Waals surface area contributed by atoms with Gasteiger partial charge in [-0.2, -0.15) is 0 Å². The van der Waals surface area contributed by atoms with Gasteiger partial charge in [-0.15, -0.1) is 12.4 Å². The highest BCUT2D eigenvalue weighted by Gasteiger charge is 2.11. The van der Waals surface area contributed by atoms with Crippen molar-refractivity contribution in [2.45, 2.75) is 32.2 Å². The summed E-state index contributed by atoms with van der Waals surface area (Å²) < 4.78 is 0. The summed E-state index contributed by atoms with van der Waals surface area (Å²) in [4.78, 5) is 11.5. The maximum absolute atomic E-state index is 11.5. The first-order valence-corrected chi connectivity index (χ1v) is 5.57. The number of hydrogen-bond donors (Lipinski definition) is 2. The Morgan fingerprint density at radius 2 is 1.88 bits per heavy atom. The van der Waals surface area contributed by atoms with Gasteiger partial charge in [-0.25, -0.2) is 0 Å². The van der Waals surface area contributed by atoms with Crippen LogP contribution in [-0.4, -0.2) is 18.0 Å². The summed E-state index contributed by atoms with van der Waals surface area (Å²) in [6, 6.07) is 9.99.